The van der Waals surface area contributed by atoms with Crippen LogP contribution in [0.1, 0.15) is 32.6 Å². The van der Waals surface area contributed by atoms with Crippen molar-refractivity contribution < 1.29 is 14.7 Å². The molecule has 2 amide bonds. The van der Waals surface area contributed by atoms with E-state index in [2.05, 4.69) is 18.3 Å². The Balaban J connectivity index is 3.89. The van der Waals surface area contributed by atoms with Gasteiger partial charge in [-0.25, -0.2) is 4.79 Å². The van der Waals surface area contributed by atoms with Crippen LogP contribution in [0.15, 0.2) is 12.2 Å². The van der Waals surface area contributed by atoms with Crippen molar-refractivity contribution in [2.24, 2.45) is 0 Å². The molecule has 5 nitrogen and oxygen atoms in total. The van der Waals surface area contributed by atoms with Crippen LogP contribution in [-0.2, 0) is 4.79 Å². The molecule has 0 aliphatic rings. The molecule has 5 heteroatoms. The lowest BCUT2D eigenvalue weighted by Crippen LogP contribution is -2.39. The molecule has 98 valence electrons. The topological polar surface area (TPSA) is 69.6 Å². The van der Waals surface area contributed by atoms with Crippen LogP contribution in [0.4, 0.5) is 4.79 Å². The van der Waals surface area contributed by atoms with Gasteiger partial charge in [-0.1, -0.05) is 31.9 Å². The molecular formula is C12H22N2O3. The predicted octanol–water partition coefficient (Wildman–Crippen LogP) is 1.85. The van der Waals surface area contributed by atoms with E-state index in [0.717, 1.165) is 24.2 Å². The third kappa shape index (κ3) is 8.30. The highest BCUT2D eigenvalue weighted by Crippen LogP contribution is 1.98. The number of hydrogen-bond acceptors (Lipinski definition) is 2. The lowest BCUT2D eigenvalue weighted by Gasteiger charge is -2.16. The third-order valence-electron chi connectivity index (χ3n) is 2.34. The predicted molar refractivity (Wildman–Crippen MR) is 66.9 cm³/mol. The van der Waals surface area contributed by atoms with Crippen molar-refractivity contribution in [1.82, 2.24) is 10.2 Å². The minimum absolute atomic E-state index is 0.103. The van der Waals surface area contributed by atoms with Gasteiger partial charge >= 0.3 is 6.09 Å². The second-order valence-corrected chi connectivity index (χ2v) is 3.78. The number of carbonyl (C=O) groups is 2. The number of unbranched alkanes of at least 4 members (excludes halogenated alkanes) is 2. The zero-order valence-corrected chi connectivity index (χ0v) is 10.6. The van der Waals surface area contributed by atoms with Crippen molar-refractivity contribution in [3.05, 3.63) is 12.2 Å². The molecule has 0 saturated carbocycles. The number of amides is 2. The fourth-order valence-electron chi connectivity index (χ4n) is 1.28. The maximum atomic E-state index is 11.1. The molecule has 0 bridgehead atoms. The summed E-state index contributed by atoms with van der Waals surface area (Å²) in [5.41, 5.74) is 0. The molecule has 0 radical (unpaired) electrons. The van der Waals surface area contributed by atoms with E-state index in [1.165, 1.54) is 7.05 Å². The summed E-state index contributed by atoms with van der Waals surface area (Å²) in [4.78, 5) is 23.0. The molecule has 2 N–H and O–H groups in total. The number of carbonyl (C=O) groups excluding carboxylic acids is 1. The van der Waals surface area contributed by atoms with Crippen LogP contribution in [0, 0.1) is 0 Å². The highest BCUT2D eigenvalue weighted by atomic mass is 16.4. The Bertz CT molecular complexity index is 264. The number of rotatable bonds is 8. The minimum Gasteiger partial charge on any atom is -0.465 e. The van der Waals surface area contributed by atoms with E-state index in [-0.39, 0.29) is 12.5 Å². The van der Waals surface area contributed by atoms with Gasteiger partial charge in [-0.15, -0.1) is 0 Å². The van der Waals surface area contributed by atoms with E-state index in [4.69, 9.17) is 5.11 Å². The maximum Gasteiger partial charge on any atom is 0.407 e. The third-order valence-corrected chi connectivity index (χ3v) is 2.34. The fourth-order valence-corrected chi connectivity index (χ4v) is 1.28. The zero-order chi connectivity index (χ0) is 13.1. The van der Waals surface area contributed by atoms with Crippen LogP contribution >= 0.6 is 0 Å². The number of hydrogen-bond donors (Lipinski definition) is 2. The Labute approximate surface area is 102 Å². The van der Waals surface area contributed by atoms with Gasteiger partial charge in [0.2, 0.25) is 5.91 Å². The van der Waals surface area contributed by atoms with Crippen LogP contribution in [0.2, 0.25) is 0 Å². The summed E-state index contributed by atoms with van der Waals surface area (Å²) in [5, 5.41) is 11.3. The lowest BCUT2D eigenvalue weighted by atomic mass is 10.2. The summed E-state index contributed by atoms with van der Waals surface area (Å²) in [5.74, 6) is -0.289. The first-order valence-electron chi connectivity index (χ1n) is 5.95. The molecule has 0 spiro atoms. The molecule has 0 heterocycles. The van der Waals surface area contributed by atoms with Gasteiger partial charge in [0.05, 0.1) is 0 Å². The monoisotopic (exact) mass is 242 g/mol. The summed E-state index contributed by atoms with van der Waals surface area (Å²) in [7, 11) is 1.49. The van der Waals surface area contributed by atoms with Crippen molar-refractivity contribution in [1.29, 1.82) is 0 Å². The molecule has 0 aromatic carbocycles. The van der Waals surface area contributed by atoms with Crippen LogP contribution in [0.3, 0.4) is 0 Å². The van der Waals surface area contributed by atoms with Crippen LogP contribution in [0.5, 0.6) is 0 Å². The minimum atomic E-state index is -1.06. The quantitative estimate of drug-likeness (QED) is 0.504. The Kier molecular flexibility index (Phi) is 8.82. The SMILES string of the molecule is CCCC/C=C\CCN(CC(=O)NC)C(=O)O. The number of nitrogens with zero attached hydrogens (tertiary/aromatic N) is 1. The van der Waals surface area contributed by atoms with E-state index in [1.54, 1.807) is 0 Å². The van der Waals surface area contributed by atoms with E-state index >= 15 is 0 Å². The van der Waals surface area contributed by atoms with Crippen molar-refractivity contribution in [3.63, 3.8) is 0 Å². The first kappa shape index (κ1) is 15.5. The first-order chi connectivity index (χ1) is 8.11. The molecule has 0 unspecified atom stereocenters. The molecule has 0 aromatic heterocycles. The van der Waals surface area contributed by atoms with E-state index in [1.807, 2.05) is 6.08 Å². The van der Waals surface area contributed by atoms with Crippen LogP contribution < -0.4 is 5.32 Å². The normalized spacial score (nSPS) is 10.5. The average Bonchev–Trinajstić information content (AvgIpc) is 2.31. The fraction of sp³-hybridized carbons (Fsp3) is 0.667. The summed E-state index contributed by atoms with van der Waals surface area (Å²) in [6.45, 7) is 2.38. The standard InChI is InChI=1S/C12H22N2O3/c1-3-4-5-6-7-8-9-14(12(16)17)10-11(15)13-2/h6-7H,3-5,8-10H2,1-2H3,(H,13,15)(H,16,17)/b7-6-. The maximum absolute atomic E-state index is 11.1. The summed E-state index contributed by atoms with van der Waals surface area (Å²) in [6.07, 6.45) is 6.94. The largest absolute Gasteiger partial charge is 0.465 e. The van der Waals surface area contributed by atoms with E-state index < -0.39 is 6.09 Å². The van der Waals surface area contributed by atoms with E-state index in [9.17, 15) is 9.59 Å². The van der Waals surface area contributed by atoms with Gasteiger partial charge in [-0.3, -0.25) is 9.69 Å². The molecule has 0 aliphatic carbocycles. The first-order valence-corrected chi connectivity index (χ1v) is 5.95. The van der Waals surface area contributed by atoms with Crippen molar-refractivity contribution in [3.8, 4) is 0 Å². The molecule has 0 aromatic rings. The summed E-state index contributed by atoms with van der Waals surface area (Å²) < 4.78 is 0. The number of likely N-dealkylation sites (N-methyl/N-ethyl adjacent to an activating group) is 1. The van der Waals surface area contributed by atoms with Crippen molar-refractivity contribution in [2.45, 2.75) is 32.6 Å². The summed E-state index contributed by atoms with van der Waals surface area (Å²) in [6, 6.07) is 0. The Morgan fingerprint density at radius 2 is 1.94 bits per heavy atom. The van der Waals surface area contributed by atoms with Gasteiger partial charge in [0.25, 0.3) is 0 Å². The number of nitrogens with one attached hydrogen (secondary N) is 1. The molecule has 0 fully saturated rings. The van der Waals surface area contributed by atoms with Crippen LogP contribution in [0.25, 0.3) is 0 Å². The molecule has 0 rings (SSSR count). The molecule has 0 atom stereocenters. The molecule has 17 heavy (non-hydrogen) atoms. The second-order valence-electron chi connectivity index (χ2n) is 3.78. The van der Waals surface area contributed by atoms with Gasteiger partial charge in [0.15, 0.2) is 0 Å². The average molecular weight is 242 g/mol. The number of carboxylic acid groups (broad SMARTS) is 1. The van der Waals surface area contributed by atoms with Crippen LogP contribution in [-0.4, -0.2) is 42.1 Å². The summed E-state index contributed by atoms with van der Waals surface area (Å²) >= 11 is 0. The Hall–Kier alpha value is -1.52. The number of allylic oxidation sites excluding steroid dienone is 1. The van der Waals surface area contributed by atoms with Crippen molar-refractivity contribution in [2.75, 3.05) is 20.1 Å². The van der Waals surface area contributed by atoms with Gasteiger partial charge in [0.1, 0.15) is 6.54 Å². The lowest BCUT2D eigenvalue weighted by molar-refractivity contribution is -0.121. The van der Waals surface area contributed by atoms with E-state index in [0.29, 0.717) is 13.0 Å². The highest BCUT2D eigenvalue weighted by molar-refractivity contribution is 5.81. The molecular weight excluding hydrogens is 220 g/mol. The smallest absolute Gasteiger partial charge is 0.407 e. The van der Waals surface area contributed by atoms with Gasteiger partial charge in [-0.2, -0.15) is 0 Å². The van der Waals surface area contributed by atoms with Gasteiger partial charge in [0, 0.05) is 13.6 Å². The molecule has 0 saturated heterocycles. The Morgan fingerprint density at radius 1 is 1.29 bits per heavy atom. The van der Waals surface area contributed by atoms with Gasteiger partial charge < -0.3 is 10.4 Å². The van der Waals surface area contributed by atoms with Gasteiger partial charge in [-0.05, 0) is 12.8 Å². The zero-order valence-electron chi connectivity index (χ0n) is 10.6. The van der Waals surface area contributed by atoms with Crippen molar-refractivity contribution >= 4 is 12.0 Å². The second kappa shape index (κ2) is 9.69. The Morgan fingerprint density at radius 3 is 2.47 bits per heavy atom. The highest BCUT2D eigenvalue weighted by Gasteiger charge is 2.13. The molecule has 0 aliphatic heterocycles.